The lowest BCUT2D eigenvalue weighted by Gasteiger charge is -2.26. The van der Waals surface area contributed by atoms with Crippen LogP contribution >= 0.6 is 35.7 Å². The molecule has 0 spiro atoms. The molecule has 0 atom stereocenters. The Hall–Kier alpha value is -2.59. The lowest BCUT2D eigenvalue weighted by molar-refractivity contribution is 0.394. The number of hydrogen-bond acceptors (Lipinski definition) is 6. The summed E-state index contributed by atoms with van der Waals surface area (Å²) in [6.45, 7) is 1.38. The minimum atomic E-state index is 0. The Labute approximate surface area is 223 Å². The first-order valence-corrected chi connectivity index (χ1v) is 11.7. The molecule has 3 aromatic carbocycles. The summed E-state index contributed by atoms with van der Waals surface area (Å²) in [5.74, 6) is 3.07. The van der Waals surface area contributed by atoms with Gasteiger partial charge in [0.2, 0.25) is 0 Å². The molecule has 0 aliphatic heterocycles. The van der Waals surface area contributed by atoms with Crippen LogP contribution in [0.25, 0.3) is 0 Å². The minimum Gasteiger partial charge on any atom is -0.497 e. The molecule has 0 saturated heterocycles. The summed E-state index contributed by atoms with van der Waals surface area (Å²) in [7, 11) is 6.62. The van der Waals surface area contributed by atoms with Crippen LogP contribution in [0.15, 0.2) is 71.7 Å². The van der Waals surface area contributed by atoms with Gasteiger partial charge in [0.15, 0.2) is 5.17 Å². The molecule has 0 aliphatic rings. The van der Waals surface area contributed by atoms with E-state index in [0.29, 0.717) is 24.6 Å². The SMILES string of the molecule is COc1ccc(CN(Cc2ccc(OC)cc2)C(=Nc2cc(OC)cc(OC)c2)SC)cc1.I. The fraction of sp³-hybridized carbons (Fsp3) is 0.269. The van der Waals surface area contributed by atoms with E-state index in [1.807, 2.05) is 48.7 Å². The van der Waals surface area contributed by atoms with Crippen molar-refractivity contribution < 1.29 is 18.9 Å². The number of amidine groups is 1. The second-order valence-corrected chi connectivity index (χ2v) is 7.99. The van der Waals surface area contributed by atoms with E-state index >= 15 is 0 Å². The molecule has 182 valence electrons. The predicted molar refractivity (Wildman–Crippen MR) is 151 cm³/mol. The van der Waals surface area contributed by atoms with Gasteiger partial charge in [0.25, 0.3) is 0 Å². The summed E-state index contributed by atoms with van der Waals surface area (Å²) in [6.07, 6.45) is 2.03. The molecule has 3 rings (SSSR count). The summed E-state index contributed by atoms with van der Waals surface area (Å²) < 4.78 is 21.4. The second kappa shape index (κ2) is 14.0. The van der Waals surface area contributed by atoms with Gasteiger partial charge >= 0.3 is 0 Å². The highest BCUT2D eigenvalue weighted by Crippen LogP contribution is 2.29. The van der Waals surface area contributed by atoms with Crippen molar-refractivity contribution in [3.63, 3.8) is 0 Å². The van der Waals surface area contributed by atoms with Crippen molar-refractivity contribution in [2.24, 2.45) is 4.99 Å². The number of methoxy groups -OCH3 is 4. The van der Waals surface area contributed by atoms with Gasteiger partial charge in [-0.3, -0.25) is 0 Å². The number of hydrogen-bond donors (Lipinski definition) is 0. The van der Waals surface area contributed by atoms with Crippen LogP contribution in [0.1, 0.15) is 11.1 Å². The highest BCUT2D eigenvalue weighted by atomic mass is 127. The summed E-state index contributed by atoms with van der Waals surface area (Å²) in [4.78, 5) is 7.20. The Morgan fingerprint density at radius 2 is 1.09 bits per heavy atom. The van der Waals surface area contributed by atoms with E-state index in [9.17, 15) is 0 Å². The maximum Gasteiger partial charge on any atom is 0.164 e. The van der Waals surface area contributed by atoms with E-state index in [0.717, 1.165) is 33.5 Å². The maximum atomic E-state index is 5.41. The number of aliphatic imine (C=N–C) groups is 1. The largest absolute Gasteiger partial charge is 0.497 e. The fourth-order valence-corrected chi connectivity index (χ4v) is 3.89. The number of benzene rings is 3. The van der Waals surface area contributed by atoms with Gasteiger partial charge in [-0.2, -0.15) is 0 Å². The first kappa shape index (κ1) is 27.7. The third-order valence-corrected chi connectivity index (χ3v) is 5.79. The van der Waals surface area contributed by atoms with Crippen molar-refractivity contribution >= 4 is 46.6 Å². The van der Waals surface area contributed by atoms with Crippen LogP contribution in [-0.4, -0.2) is 44.8 Å². The average Bonchev–Trinajstić information content (AvgIpc) is 2.87. The van der Waals surface area contributed by atoms with Crippen LogP contribution < -0.4 is 18.9 Å². The van der Waals surface area contributed by atoms with Crippen molar-refractivity contribution in [2.45, 2.75) is 13.1 Å². The second-order valence-electron chi connectivity index (χ2n) is 7.22. The summed E-state index contributed by atoms with van der Waals surface area (Å²) in [6, 6.07) is 21.8. The number of nitrogens with zero attached hydrogens (tertiary/aromatic N) is 2. The number of halogens is 1. The predicted octanol–water partition coefficient (Wildman–Crippen LogP) is 6.39. The van der Waals surface area contributed by atoms with Gasteiger partial charge in [0, 0.05) is 31.3 Å². The Balaban J connectivity index is 0.00000408. The van der Waals surface area contributed by atoms with Gasteiger partial charge in [-0.15, -0.1) is 24.0 Å². The van der Waals surface area contributed by atoms with Crippen LogP contribution in [0.5, 0.6) is 23.0 Å². The zero-order valence-electron chi connectivity index (χ0n) is 20.1. The van der Waals surface area contributed by atoms with Crippen molar-refractivity contribution in [1.82, 2.24) is 4.90 Å². The van der Waals surface area contributed by atoms with Crippen LogP contribution in [0.2, 0.25) is 0 Å². The van der Waals surface area contributed by atoms with E-state index < -0.39 is 0 Å². The minimum absolute atomic E-state index is 0. The molecule has 0 unspecified atom stereocenters. The van der Waals surface area contributed by atoms with E-state index in [2.05, 4.69) is 29.2 Å². The molecule has 0 radical (unpaired) electrons. The Morgan fingerprint density at radius 1 is 0.676 bits per heavy atom. The van der Waals surface area contributed by atoms with Crippen molar-refractivity contribution in [2.75, 3.05) is 34.7 Å². The maximum absolute atomic E-state index is 5.41. The summed E-state index contributed by atoms with van der Waals surface area (Å²) >= 11 is 1.60. The van der Waals surface area contributed by atoms with Crippen LogP contribution in [0, 0.1) is 0 Å². The van der Waals surface area contributed by atoms with Crippen LogP contribution in [-0.2, 0) is 13.1 Å². The molecule has 0 bridgehead atoms. The van der Waals surface area contributed by atoms with Gasteiger partial charge in [-0.05, 0) is 41.6 Å². The number of thioether (sulfide) groups is 1. The van der Waals surface area contributed by atoms with E-state index in [1.165, 1.54) is 0 Å². The number of ether oxygens (including phenoxy) is 4. The van der Waals surface area contributed by atoms with E-state index in [1.54, 1.807) is 40.2 Å². The van der Waals surface area contributed by atoms with E-state index in [4.69, 9.17) is 23.9 Å². The molecule has 3 aromatic rings. The van der Waals surface area contributed by atoms with E-state index in [-0.39, 0.29) is 24.0 Å². The van der Waals surface area contributed by atoms with Crippen molar-refractivity contribution in [3.05, 3.63) is 77.9 Å². The first-order chi connectivity index (χ1) is 16.1. The molecule has 0 saturated carbocycles. The zero-order chi connectivity index (χ0) is 23.6. The molecule has 34 heavy (non-hydrogen) atoms. The lowest BCUT2D eigenvalue weighted by atomic mass is 10.1. The molecular formula is C26H31IN2O4S. The topological polar surface area (TPSA) is 52.5 Å². The molecule has 0 fully saturated rings. The van der Waals surface area contributed by atoms with Crippen LogP contribution in [0.3, 0.4) is 0 Å². The quantitative estimate of drug-likeness (QED) is 0.163. The van der Waals surface area contributed by atoms with Crippen molar-refractivity contribution in [3.8, 4) is 23.0 Å². The average molecular weight is 595 g/mol. The molecule has 0 N–H and O–H groups in total. The standard InChI is InChI=1S/C26H30N2O4S.HI/c1-29-22-10-6-19(7-11-22)17-28(18-20-8-12-23(30-2)13-9-20)26(33-5)27-21-14-24(31-3)16-25(15-21)32-4;/h6-16H,17-18H2,1-5H3;1H. The van der Waals surface area contributed by atoms with Gasteiger partial charge in [-0.1, -0.05) is 36.0 Å². The van der Waals surface area contributed by atoms with Crippen molar-refractivity contribution in [1.29, 1.82) is 0 Å². The molecule has 8 heteroatoms. The normalized spacial score (nSPS) is 10.8. The Bertz CT molecular complexity index is 988. The fourth-order valence-electron chi connectivity index (χ4n) is 3.31. The highest BCUT2D eigenvalue weighted by Gasteiger charge is 2.14. The molecule has 0 heterocycles. The number of rotatable bonds is 9. The third kappa shape index (κ3) is 7.73. The van der Waals surface area contributed by atoms with Gasteiger partial charge in [0.05, 0.1) is 34.1 Å². The monoisotopic (exact) mass is 594 g/mol. The molecule has 0 amide bonds. The molecular weight excluding hydrogens is 563 g/mol. The first-order valence-electron chi connectivity index (χ1n) is 10.4. The summed E-state index contributed by atoms with van der Waals surface area (Å²) in [5.41, 5.74) is 3.09. The molecule has 0 aliphatic carbocycles. The van der Waals surface area contributed by atoms with Gasteiger partial charge < -0.3 is 23.8 Å². The smallest absolute Gasteiger partial charge is 0.164 e. The molecule has 0 aromatic heterocycles. The summed E-state index contributed by atoms with van der Waals surface area (Å²) in [5, 5.41) is 0.886. The third-order valence-electron chi connectivity index (χ3n) is 5.08. The van der Waals surface area contributed by atoms with Gasteiger partial charge in [-0.25, -0.2) is 4.99 Å². The lowest BCUT2D eigenvalue weighted by Crippen LogP contribution is -2.27. The van der Waals surface area contributed by atoms with Gasteiger partial charge in [0.1, 0.15) is 23.0 Å². The Morgan fingerprint density at radius 3 is 1.44 bits per heavy atom. The highest BCUT2D eigenvalue weighted by molar-refractivity contribution is 14.0. The van der Waals surface area contributed by atoms with Crippen LogP contribution in [0.4, 0.5) is 5.69 Å². The molecule has 6 nitrogen and oxygen atoms in total. The zero-order valence-corrected chi connectivity index (χ0v) is 23.3. The Kier molecular flexibility index (Phi) is 11.4.